The molecule has 144 valence electrons. The first-order valence-electron chi connectivity index (χ1n) is 9.96. The molecule has 1 saturated heterocycles. The van der Waals surface area contributed by atoms with E-state index in [1.165, 1.54) is 24.1 Å². The minimum absolute atomic E-state index is 0.0264. The van der Waals surface area contributed by atoms with E-state index in [0.29, 0.717) is 6.42 Å². The van der Waals surface area contributed by atoms with E-state index < -0.39 is 0 Å². The van der Waals surface area contributed by atoms with E-state index in [-0.39, 0.29) is 5.91 Å². The molecule has 0 saturated carbocycles. The molecule has 1 heterocycles. The molecule has 1 aliphatic rings. The summed E-state index contributed by atoms with van der Waals surface area (Å²) in [5.74, 6) is 0.0264. The quantitative estimate of drug-likeness (QED) is 0.792. The van der Waals surface area contributed by atoms with Crippen molar-refractivity contribution in [1.82, 2.24) is 0 Å². The molecule has 0 spiro atoms. The van der Waals surface area contributed by atoms with Gasteiger partial charge < -0.3 is 15.0 Å². The van der Waals surface area contributed by atoms with Crippen molar-refractivity contribution in [3.63, 3.8) is 0 Å². The summed E-state index contributed by atoms with van der Waals surface area (Å²) in [7, 11) is 0. The predicted molar refractivity (Wildman–Crippen MR) is 112 cm³/mol. The number of hydrogen-bond donors (Lipinski definition) is 1. The van der Waals surface area contributed by atoms with Crippen molar-refractivity contribution in [2.24, 2.45) is 0 Å². The Bertz CT molecular complexity index is 749. The maximum absolute atomic E-state index is 12.4. The van der Waals surface area contributed by atoms with Crippen molar-refractivity contribution in [2.75, 3.05) is 36.5 Å². The zero-order valence-corrected chi connectivity index (χ0v) is 16.5. The Morgan fingerprint density at radius 3 is 2.44 bits per heavy atom. The monoisotopic (exact) mass is 366 g/mol. The number of nitrogens with zero attached hydrogens (tertiary/aromatic N) is 1. The first kappa shape index (κ1) is 19.4. The molecule has 2 aromatic carbocycles. The molecular formula is C23H30N2O2. The maximum atomic E-state index is 12.4. The fraction of sp³-hybridized carbons (Fsp3) is 0.435. The SMILES string of the molecule is CCCCc1ccc(CC(=O)Nc2ccc(N3CCOCC3)cc2C)cc1. The van der Waals surface area contributed by atoms with Crippen molar-refractivity contribution < 1.29 is 9.53 Å². The van der Waals surface area contributed by atoms with Gasteiger partial charge in [0.2, 0.25) is 5.91 Å². The molecule has 0 aromatic heterocycles. The van der Waals surface area contributed by atoms with Crippen LogP contribution in [0.25, 0.3) is 0 Å². The van der Waals surface area contributed by atoms with Crippen molar-refractivity contribution in [3.8, 4) is 0 Å². The van der Waals surface area contributed by atoms with Crippen LogP contribution in [0.4, 0.5) is 11.4 Å². The molecule has 0 radical (unpaired) electrons. The number of aryl methyl sites for hydroxylation is 2. The van der Waals surface area contributed by atoms with Gasteiger partial charge in [-0.05, 0) is 54.7 Å². The fourth-order valence-corrected chi connectivity index (χ4v) is 3.39. The minimum Gasteiger partial charge on any atom is -0.378 e. The Hall–Kier alpha value is -2.33. The van der Waals surface area contributed by atoms with Gasteiger partial charge in [0.1, 0.15) is 0 Å². The molecule has 1 aliphatic heterocycles. The average molecular weight is 367 g/mol. The van der Waals surface area contributed by atoms with Gasteiger partial charge in [0.05, 0.1) is 19.6 Å². The van der Waals surface area contributed by atoms with Crippen molar-refractivity contribution in [3.05, 3.63) is 59.2 Å². The molecule has 0 bridgehead atoms. The van der Waals surface area contributed by atoms with Gasteiger partial charge in [-0.25, -0.2) is 0 Å². The number of benzene rings is 2. The van der Waals surface area contributed by atoms with E-state index in [2.05, 4.69) is 53.5 Å². The van der Waals surface area contributed by atoms with Crippen LogP contribution in [0.15, 0.2) is 42.5 Å². The second-order valence-corrected chi connectivity index (χ2v) is 7.24. The lowest BCUT2D eigenvalue weighted by Crippen LogP contribution is -2.36. The predicted octanol–water partition coefficient (Wildman–Crippen LogP) is 4.36. The number of anilines is 2. The van der Waals surface area contributed by atoms with Crippen LogP contribution in [0.1, 0.15) is 36.5 Å². The number of unbranched alkanes of at least 4 members (excludes halogenated alkanes) is 1. The highest BCUT2D eigenvalue weighted by Crippen LogP contribution is 2.23. The van der Waals surface area contributed by atoms with Crippen LogP contribution in [0, 0.1) is 6.92 Å². The third-order valence-corrected chi connectivity index (χ3v) is 5.07. The summed E-state index contributed by atoms with van der Waals surface area (Å²) in [4.78, 5) is 14.8. The lowest BCUT2D eigenvalue weighted by molar-refractivity contribution is -0.115. The zero-order chi connectivity index (χ0) is 19.1. The lowest BCUT2D eigenvalue weighted by atomic mass is 10.0. The topological polar surface area (TPSA) is 41.6 Å². The third kappa shape index (κ3) is 5.57. The van der Waals surface area contributed by atoms with Gasteiger partial charge in [-0.3, -0.25) is 4.79 Å². The largest absolute Gasteiger partial charge is 0.378 e. The molecule has 27 heavy (non-hydrogen) atoms. The van der Waals surface area contributed by atoms with Gasteiger partial charge in [-0.15, -0.1) is 0 Å². The Kier molecular flexibility index (Phi) is 6.88. The van der Waals surface area contributed by atoms with Crippen LogP contribution in [-0.2, 0) is 22.4 Å². The molecule has 1 amide bonds. The molecule has 0 unspecified atom stereocenters. The summed E-state index contributed by atoms with van der Waals surface area (Å²) in [6.45, 7) is 7.62. The standard InChI is InChI=1S/C23H30N2O2/c1-3-4-5-19-6-8-20(9-7-19)17-23(26)24-22-11-10-21(16-18(22)2)25-12-14-27-15-13-25/h6-11,16H,3-5,12-15,17H2,1-2H3,(H,24,26). The Morgan fingerprint density at radius 1 is 1.07 bits per heavy atom. The van der Waals surface area contributed by atoms with E-state index in [1.54, 1.807) is 0 Å². The second-order valence-electron chi connectivity index (χ2n) is 7.24. The molecule has 0 aliphatic carbocycles. The van der Waals surface area contributed by atoms with Crippen LogP contribution < -0.4 is 10.2 Å². The highest BCUT2D eigenvalue weighted by Gasteiger charge is 2.13. The highest BCUT2D eigenvalue weighted by molar-refractivity contribution is 5.93. The van der Waals surface area contributed by atoms with Crippen LogP contribution >= 0.6 is 0 Å². The van der Waals surface area contributed by atoms with E-state index in [9.17, 15) is 4.79 Å². The average Bonchev–Trinajstić information content (AvgIpc) is 2.69. The summed E-state index contributed by atoms with van der Waals surface area (Å²) in [6.07, 6.45) is 3.92. The van der Waals surface area contributed by atoms with Gasteiger partial charge in [0.15, 0.2) is 0 Å². The summed E-state index contributed by atoms with van der Waals surface area (Å²) in [5.41, 5.74) is 5.56. The molecule has 0 atom stereocenters. The summed E-state index contributed by atoms with van der Waals surface area (Å²) in [6, 6.07) is 14.6. The summed E-state index contributed by atoms with van der Waals surface area (Å²) in [5, 5.41) is 3.06. The van der Waals surface area contributed by atoms with Crippen LogP contribution in [0.3, 0.4) is 0 Å². The van der Waals surface area contributed by atoms with Gasteiger partial charge in [-0.1, -0.05) is 37.6 Å². The van der Waals surface area contributed by atoms with Crippen LogP contribution in [0.5, 0.6) is 0 Å². The normalized spacial score (nSPS) is 14.2. The van der Waals surface area contributed by atoms with E-state index >= 15 is 0 Å². The maximum Gasteiger partial charge on any atom is 0.228 e. The van der Waals surface area contributed by atoms with E-state index in [0.717, 1.165) is 49.5 Å². The molecular weight excluding hydrogens is 336 g/mol. The Labute approximate surface area is 162 Å². The van der Waals surface area contributed by atoms with Gasteiger partial charge in [0.25, 0.3) is 0 Å². The molecule has 4 heteroatoms. The molecule has 3 rings (SSSR count). The van der Waals surface area contributed by atoms with Crippen LogP contribution in [-0.4, -0.2) is 32.2 Å². The van der Waals surface area contributed by atoms with Gasteiger partial charge in [-0.2, -0.15) is 0 Å². The van der Waals surface area contributed by atoms with E-state index in [4.69, 9.17) is 4.74 Å². The molecule has 1 N–H and O–H groups in total. The first-order chi connectivity index (χ1) is 13.2. The lowest BCUT2D eigenvalue weighted by Gasteiger charge is -2.29. The number of carbonyl (C=O) groups is 1. The number of ether oxygens (including phenoxy) is 1. The Balaban J connectivity index is 1.57. The molecule has 1 fully saturated rings. The number of nitrogens with one attached hydrogen (secondary N) is 1. The number of amides is 1. The third-order valence-electron chi connectivity index (χ3n) is 5.07. The van der Waals surface area contributed by atoms with Crippen LogP contribution in [0.2, 0.25) is 0 Å². The number of hydrogen-bond acceptors (Lipinski definition) is 3. The smallest absolute Gasteiger partial charge is 0.228 e. The number of morpholine rings is 1. The zero-order valence-electron chi connectivity index (χ0n) is 16.5. The highest BCUT2D eigenvalue weighted by atomic mass is 16.5. The second kappa shape index (κ2) is 9.56. The van der Waals surface area contributed by atoms with Gasteiger partial charge in [0, 0.05) is 24.5 Å². The summed E-state index contributed by atoms with van der Waals surface area (Å²) < 4.78 is 5.41. The van der Waals surface area contributed by atoms with Crippen molar-refractivity contribution in [1.29, 1.82) is 0 Å². The Morgan fingerprint density at radius 2 is 1.78 bits per heavy atom. The van der Waals surface area contributed by atoms with Crippen molar-refractivity contribution in [2.45, 2.75) is 39.5 Å². The van der Waals surface area contributed by atoms with Gasteiger partial charge >= 0.3 is 0 Å². The summed E-state index contributed by atoms with van der Waals surface area (Å²) >= 11 is 0. The fourth-order valence-electron chi connectivity index (χ4n) is 3.39. The first-order valence-corrected chi connectivity index (χ1v) is 9.96. The van der Waals surface area contributed by atoms with Crippen molar-refractivity contribution >= 4 is 17.3 Å². The molecule has 2 aromatic rings. The minimum atomic E-state index is 0.0264. The molecule has 4 nitrogen and oxygen atoms in total. The number of rotatable bonds is 7. The van der Waals surface area contributed by atoms with E-state index in [1.807, 2.05) is 13.0 Å². The number of carbonyl (C=O) groups excluding carboxylic acids is 1.